The molecule has 2 aromatic rings. The third kappa shape index (κ3) is 5.52. The summed E-state index contributed by atoms with van der Waals surface area (Å²) in [4.78, 5) is 2.24. The summed E-state index contributed by atoms with van der Waals surface area (Å²) in [6, 6.07) is 19.4. The topological polar surface area (TPSA) is 53.1 Å². The predicted octanol–water partition coefficient (Wildman–Crippen LogP) is 2.06. The third-order valence-electron chi connectivity index (χ3n) is 4.72. The van der Waals surface area contributed by atoms with Crippen LogP contribution in [0.15, 0.2) is 60.7 Å². The van der Waals surface area contributed by atoms with E-state index >= 15 is 0 Å². The fourth-order valence-electron chi connectivity index (χ4n) is 3.11. The summed E-state index contributed by atoms with van der Waals surface area (Å²) in [6.45, 7) is 4.23. The average molecular weight is 390 g/mol. The first-order chi connectivity index (χ1) is 13.1. The number of hydrogen-bond donors (Lipinski definition) is 0. The first-order valence-electron chi connectivity index (χ1n) is 9.21. The lowest BCUT2D eigenvalue weighted by molar-refractivity contribution is 0.155. The highest BCUT2D eigenvalue weighted by Gasteiger charge is 2.30. The molecule has 1 saturated heterocycles. The van der Waals surface area contributed by atoms with E-state index < -0.39 is 10.2 Å². The molecule has 1 aliphatic heterocycles. The van der Waals surface area contributed by atoms with E-state index in [2.05, 4.69) is 4.90 Å². The Labute approximate surface area is 162 Å². The van der Waals surface area contributed by atoms with Gasteiger partial charge in [0.25, 0.3) is 10.2 Å². The van der Waals surface area contributed by atoms with Gasteiger partial charge in [0.1, 0.15) is 12.4 Å². The molecule has 0 amide bonds. The normalized spacial score (nSPS) is 16.5. The first-order valence-corrected chi connectivity index (χ1v) is 10.6. The lowest BCUT2D eigenvalue weighted by Crippen LogP contribution is -2.52. The zero-order valence-corrected chi connectivity index (χ0v) is 16.5. The maximum Gasteiger partial charge on any atom is 0.282 e. The molecule has 0 spiro atoms. The quantitative estimate of drug-likeness (QED) is 0.694. The maximum atomic E-state index is 12.8. The number of benzene rings is 2. The Morgan fingerprint density at radius 1 is 0.926 bits per heavy atom. The summed E-state index contributed by atoms with van der Waals surface area (Å²) in [5.41, 5.74) is 0.986. The summed E-state index contributed by atoms with van der Waals surface area (Å²) in [5, 5.41) is 0. The molecule has 3 rings (SSSR count). The summed E-state index contributed by atoms with van der Waals surface area (Å²) in [6.07, 6.45) is 0. The Morgan fingerprint density at radius 2 is 1.52 bits per heavy atom. The molecule has 2 aromatic carbocycles. The van der Waals surface area contributed by atoms with Gasteiger partial charge in [-0.2, -0.15) is 17.0 Å². The Kier molecular flexibility index (Phi) is 6.84. The molecule has 1 fully saturated rings. The van der Waals surface area contributed by atoms with Crippen LogP contribution in [0.3, 0.4) is 0 Å². The van der Waals surface area contributed by atoms with Crippen molar-refractivity contribution in [3.63, 3.8) is 0 Å². The minimum absolute atomic E-state index is 0.383. The molecule has 0 aromatic heterocycles. The molecule has 0 bridgehead atoms. The van der Waals surface area contributed by atoms with Crippen molar-refractivity contribution in [2.24, 2.45) is 0 Å². The van der Waals surface area contributed by atoms with Gasteiger partial charge >= 0.3 is 0 Å². The van der Waals surface area contributed by atoms with Crippen molar-refractivity contribution in [1.29, 1.82) is 0 Å². The van der Waals surface area contributed by atoms with E-state index in [4.69, 9.17) is 4.74 Å². The largest absolute Gasteiger partial charge is 0.492 e. The van der Waals surface area contributed by atoms with Gasteiger partial charge in [0, 0.05) is 46.3 Å². The van der Waals surface area contributed by atoms with Crippen molar-refractivity contribution in [3.05, 3.63) is 66.2 Å². The van der Waals surface area contributed by atoms with Crippen molar-refractivity contribution in [2.75, 3.05) is 46.4 Å². The molecule has 0 N–H and O–H groups in total. The van der Waals surface area contributed by atoms with Crippen LogP contribution in [0.5, 0.6) is 5.75 Å². The van der Waals surface area contributed by atoms with Crippen molar-refractivity contribution in [2.45, 2.75) is 6.54 Å². The zero-order chi connectivity index (χ0) is 19.1. The molecule has 0 saturated carbocycles. The highest BCUT2D eigenvalue weighted by atomic mass is 32.2. The van der Waals surface area contributed by atoms with Crippen molar-refractivity contribution >= 4 is 10.2 Å². The average Bonchev–Trinajstić information content (AvgIpc) is 2.70. The molecule has 0 aliphatic carbocycles. The standard InChI is InChI=1S/C20H27N3O3S/c1-21(18-19-8-4-2-5-9-19)27(24,25)23-14-12-22(13-15-23)16-17-26-20-10-6-3-7-11-20/h2-11H,12-18H2,1H3. The van der Waals surface area contributed by atoms with Crippen molar-refractivity contribution in [3.8, 4) is 5.75 Å². The van der Waals surface area contributed by atoms with E-state index in [9.17, 15) is 8.42 Å². The fraction of sp³-hybridized carbons (Fsp3) is 0.400. The molecule has 0 radical (unpaired) electrons. The molecular weight excluding hydrogens is 362 g/mol. The number of para-hydroxylation sites is 1. The van der Waals surface area contributed by atoms with Gasteiger partial charge in [0.15, 0.2) is 0 Å². The molecule has 27 heavy (non-hydrogen) atoms. The highest BCUT2D eigenvalue weighted by molar-refractivity contribution is 7.86. The summed E-state index contributed by atoms with van der Waals surface area (Å²) >= 11 is 0. The van der Waals surface area contributed by atoms with Crippen LogP contribution in [0.1, 0.15) is 5.56 Å². The molecule has 7 heteroatoms. The molecule has 6 nitrogen and oxygen atoms in total. The number of ether oxygens (including phenoxy) is 1. The van der Waals surface area contributed by atoms with Gasteiger partial charge in [-0.05, 0) is 17.7 Å². The molecule has 1 aliphatic rings. The summed E-state index contributed by atoms with van der Waals surface area (Å²) in [5.74, 6) is 0.862. The van der Waals surface area contributed by atoms with Crippen LogP contribution in [0.25, 0.3) is 0 Å². The second kappa shape index (κ2) is 9.32. The van der Waals surface area contributed by atoms with Gasteiger partial charge in [0.2, 0.25) is 0 Å². The van der Waals surface area contributed by atoms with Crippen LogP contribution in [-0.4, -0.2) is 68.3 Å². The van der Waals surface area contributed by atoms with E-state index in [1.165, 1.54) is 4.31 Å². The van der Waals surface area contributed by atoms with Crippen LogP contribution in [-0.2, 0) is 16.8 Å². The zero-order valence-electron chi connectivity index (χ0n) is 15.7. The van der Waals surface area contributed by atoms with E-state index in [0.29, 0.717) is 26.2 Å². The Balaban J connectivity index is 1.44. The SMILES string of the molecule is CN(Cc1ccccc1)S(=O)(=O)N1CCN(CCOc2ccccc2)CC1. The van der Waals surface area contributed by atoms with Crippen LogP contribution < -0.4 is 4.74 Å². The number of rotatable bonds is 8. The van der Waals surface area contributed by atoms with E-state index in [-0.39, 0.29) is 0 Å². The fourth-order valence-corrected chi connectivity index (χ4v) is 4.44. The minimum atomic E-state index is -3.44. The van der Waals surface area contributed by atoms with Crippen LogP contribution in [0.2, 0.25) is 0 Å². The van der Waals surface area contributed by atoms with E-state index in [0.717, 1.165) is 30.9 Å². The van der Waals surface area contributed by atoms with Crippen molar-refractivity contribution in [1.82, 2.24) is 13.5 Å². The lowest BCUT2D eigenvalue weighted by atomic mass is 10.2. The number of piperazine rings is 1. The molecule has 146 valence electrons. The van der Waals surface area contributed by atoms with E-state index in [1.807, 2.05) is 60.7 Å². The Bertz CT molecular complexity index is 792. The van der Waals surface area contributed by atoms with Gasteiger partial charge in [0.05, 0.1) is 0 Å². The first kappa shape index (κ1) is 19.8. The van der Waals surface area contributed by atoms with Crippen LogP contribution in [0.4, 0.5) is 0 Å². The van der Waals surface area contributed by atoms with Gasteiger partial charge in [-0.15, -0.1) is 0 Å². The van der Waals surface area contributed by atoms with Crippen LogP contribution in [0, 0.1) is 0 Å². The molecular formula is C20H27N3O3S. The maximum absolute atomic E-state index is 12.8. The lowest BCUT2D eigenvalue weighted by Gasteiger charge is -2.35. The van der Waals surface area contributed by atoms with Crippen molar-refractivity contribution < 1.29 is 13.2 Å². The molecule has 0 atom stereocenters. The van der Waals surface area contributed by atoms with Gasteiger partial charge in [-0.3, -0.25) is 4.90 Å². The summed E-state index contributed by atoms with van der Waals surface area (Å²) < 4.78 is 34.3. The number of nitrogens with zero attached hydrogens (tertiary/aromatic N) is 3. The van der Waals surface area contributed by atoms with Gasteiger partial charge in [-0.1, -0.05) is 48.5 Å². The third-order valence-corrected chi connectivity index (χ3v) is 6.65. The molecule has 0 unspecified atom stereocenters. The monoisotopic (exact) mass is 389 g/mol. The second-order valence-corrected chi connectivity index (χ2v) is 8.69. The second-order valence-electron chi connectivity index (χ2n) is 6.65. The highest BCUT2D eigenvalue weighted by Crippen LogP contribution is 2.14. The Morgan fingerprint density at radius 3 is 2.15 bits per heavy atom. The Hall–Kier alpha value is -1.93. The summed E-state index contributed by atoms with van der Waals surface area (Å²) in [7, 11) is -1.80. The molecule has 1 heterocycles. The van der Waals surface area contributed by atoms with Gasteiger partial charge < -0.3 is 4.74 Å². The number of hydrogen-bond acceptors (Lipinski definition) is 4. The van der Waals surface area contributed by atoms with Crippen LogP contribution >= 0.6 is 0 Å². The predicted molar refractivity (Wildman–Crippen MR) is 107 cm³/mol. The smallest absolute Gasteiger partial charge is 0.282 e. The van der Waals surface area contributed by atoms with Gasteiger partial charge in [-0.25, -0.2) is 0 Å². The van der Waals surface area contributed by atoms with E-state index in [1.54, 1.807) is 11.4 Å². The minimum Gasteiger partial charge on any atom is -0.492 e.